The van der Waals surface area contributed by atoms with Crippen molar-refractivity contribution in [3.05, 3.63) is 66.2 Å². The maximum absolute atomic E-state index is 13.1. The summed E-state index contributed by atoms with van der Waals surface area (Å²) in [4.78, 5) is 19.9. The molecular weight excluding hydrogens is 366 g/mol. The third-order valence-electron chi connectivity index (χ3n) is 5.62. The first-order valence-corrected chi connectivity index (χ1v) is 9.75. The molecule has 8 heteroatoms. The van der Waals surface area contributed by atoms with Crippen molar-refractivity contribution in [2.24, 2.45) is 7.05 Å². The summed E-state index contributed by atoms with van der Waals surface area (Å²) in [6.07, 6.45) is 3.55. The van der Waals surface area contributed by atoms with Crippen molar-refractivity contribution in [2.75, 3.05) is 13.1 Å². The first kappa shape index (κ1) is 17.5. The maximum Gasteiger partial charge on any atom is 0.253 e. The van der Waals surface area contributed by atoms with Gasteiger partial charge in [-0.25, -0.2) is 9.67 Å². The fourth-order valence-electron chi connectivity index (χ4n) is 4.12. The highest BCUT2D eigenvalue weighted by atomic mass is 16.2. The second-order valence-corrected chi connectivity index (χ2v) is 7.41. The van der Waals surface area contributed by atoms with Crippen LogP contribution in [-0.4, -0.2) is 53.7 Å². The van der Waals surface area contributed by atoms with Crippen LogP contribution in [0, 0.1) is 0 Å². The number of hydrogen-bond donors (Lipinski definition) is 0. The largest absolute Gasteiger partial charge is 0.338 e. The van der Waals surface area contributed by atoms with E-state index in [0.29, 0.717) is 12.1 Å². The molecule has 0 bridgehead atoms. The summed E-state index contributed by atoms with van der Waals surface area (Å²) in [7, 11) is 2.06. The monoisotopic (exact) mass is 387 g/mol. The lowest BCUT2D eigenvalue weighted by molar-refractivity contribution is 0.0704. The molecule has 0 aliphatic carbocycles. The molecule has 8 nitrogen and oxygen atoms in total. The first-order chi connectivity index (χ1) is 14.2. The number of para-hydroxylation sites is 2. The number of carbonyl (C=O) groups is 1. The van der Waals surface area contributed by atoms with E-state index in [4.69, 9.17) is 4.98 Å². The molecule has 1 unspecified atom stereocenters. The standard InChI is InChI=1S/C21H21N7O/c1-26-19-7-3-2-6-18(19)23-20(26)16-5-4-12-27(13-16)21(29)15-8-10-17(11-9-15)28-14-22-24-25-28/h2-3,6-11,14,16H,4-5,12-13H2,1H3. The molecule has 3 heterocycles. The van der Waals surface area contributed by atoms with Gasteiger partial charge in [-0.05, 0) is 59.7 Å². The van der Waals surface area contributed by atoms with E-state index in [-0.39, 0.29) is 11.8 Å². The van der Waals surface area contributed by atoms with Crippen LogP contribution in [0.5, 0.6) is 0 Å². The van der Waals surface area contributed by atoms with E-state index in [9.17, 15) is 4.79 Å². The van der Waals surface area contributed by atoms with Crippen molar-refractivity contribution >= 4 is 16.9 Å². The van der Waals surface area contributed by atoms with Gasteiger partial charge in [0.1, 0.15) is 12.2 Å². The molecule has 1 amide bonds. The van der Waals surface area contributed by atoms with Crippen molar-refractivity contribution in [3.63, 3.8) is 0 Å². The molecule has 1 fully saturated rings. The molecule has 4 aromatic rings. The van der Waals surface area contributed by atoms with Crippen LogP contribution in [0.1, 0.15) is 34.9 Å². The molecule has 2 aromatic heterocycles. The second-order valence-electron chi connectivity index (χ2n) is 7.41. The molecule has 1 aliphatic rings. The lowest BCUT2D eigenvalue weighted by Crippen LogP contribution is -2.39. The Morgan fingerprint density at radius 2 is 1.93 bits per heavy atom. The second kappa shape index (κ2) is 7.12. The molecule has 2 aromatic carbocycles. The molecule has 146 valence electrons. The minimum absolute atomic E-state index is 0.0525. The Morgan fingerprint density at radius 1 is 1.10 bits per heavy atom. The third kappa shape index (κ3) is 3.16. The molecule has 0 saturated carbocycles. The van der Waals surface area contributed by atoms with E-state index in [1.807, 2.05) is 47.4 Å². The van der Waals surface area contributed by atoms with Crippen LogP contribution < -0.4 is 0 Å². The highest BCUT2D eigenvalue weighted by Gasteiger charge is 2.28. The van der Waals surface area contributed by atoms with Crippen molar-refractivity contribution in [2.45, 2.75) is 18.8 Å². The normalized spacial score (nSPS) is 17.0. The number of piperidine rings is 1. The summed E-state index contributed by atoms with van der Waals surface area (Å²) in [6.45, 7) is 1.46. The molecule has 29 heavy (non-hydrogen) atoms. The summed E-state index contributed by atoms with van der Waals surface area (Å²) in [6, 6.07) is 15.5. The molecule has 0 radical (unpaired) electrons. The van der Waals surface area contributed by atoms with E-state index < -0.39 is 0 Å². The summed E-state index contributed by atoms with van der Waals surface area (Å²) in [5, 5.41) is 11.1. The van der Waals surface area contributed by atoms with Gasteiger partial charge in [-0.3, -0.25) is 4.79 Å². The predicted molar refractivity (Wildman–Crippen MR) is 108 cm³/mol. The van der Waals surface area contributed by atoms with Gasteiger partial charge >= 0.3 is 0 Å². The number of amides is 1. The summed E-state index contributed by atoms with van der Waals surface area (Å²) < 4.78 is 3.73. The fraction of sp³-hybridized carbons (Fsp3) is 0.286. The summed E-state index contributed by atoms with van der Waals surface area (Å²) in [5.74, 6) is 1.35. The number of fused-ring (bicyclic) bond motifs is 1. The number of nitrogens with zero attached hydrogens (tertiary/aromatic N) is 7. The first-order valence-electron chi connectivity index (χ1n) is 9.75. The van der Waals surface area contributed by atoms with Gasteiger partial charge in [-0.2, -0.15) is 0 Å². The highest BCUT2D eigenvalue weighted by Crippen LogP contribution is 2.29. The molecule has 0 N–H and O–H groups in total. The third-order valence-corrected chi connectivity index (χ3v) is 5.62. The lowest BCUT2D eigenvalue weighted by Gasteiger charge is -2.32. The number of likely N-dealkylation sites (tertiary alicyclic amines) is 1. The van der Waals surface area contributed by atoms with Gasteiger partial charge in [0, 0.05) is 31.6 Å². The average molecular weight is 387 g/mol. The van der Waals surface area contributed by atoms with Crippen molar-refractivity contribution in [1.82, 2.24) is 34.7 Å². The molecule has 5 rings (SSSR count). The quantitative estimate of drug-likeness (QED) is 0.540. The Hall–Kier alpha value is -3.55. The van der Waals surface area contributed by atoms with Crippen molar-refractivity contribution in [1.29, 1.82) is 0 Å². The number of benzene rings is 2. The Bertz CT molecular complexity index is 1150. The summed E-state index contributed by atoms with van der Waals surface area (Å²) >= 11 is 0. The molecular formula is C21H21N7O. The van der Waals surface area contributed by atoms with Gasteiger partial charge in [0.25, 0.3) is 5.91 Å². The van der Waals surface area contributed by atoms with Gasteiger partial charge in [-0.1, -0.05) is 12.1 Å². The Balaban J connectivity index is 1.36. The van der Waals surface area contributed by atoms with Gasteiger partial charge in [-0.15, -0.1) is 5.10 Å². The van der Waals surface area contributed by atoms with Gasteiger partial charge in [0.2, 0.25) is 0 Å². The van der Waals surface area contributed by atoms with Crippen molar-refractivity contribution in [3.8, 4) is 5.69 Å². The van der Waals surface area contributed by atoms with Crippen LogP contribution in [0.2, 0.25) is 0 Å². The highest BCUT2D eigenvalue weighted by molar-refractivity contribution is 5.94. The molecule has 1 aliphatic heterocycles. The minimum Gasteiger partial charge on any atom is -0.338 e. The van der Waals surface area contributed by atoms with Crippen LogP contribution in [0.15, 0.2) is 54.9 Å². The Kier molecular flexibility index (Phi) is 4.31. The fourth-order valence-corrected chi connectivity index (χ4v) is 4.12. The van der Waals surface area contributed by atoms with E-state index in [1.165, 1.54) is 6.33 Å². The topological polar surface area (TPSA) is 81.7 Å². The predicted octanol–water partition coefficient (Wildman–Crippen LogP) is 2.57. The zero-order valence-corrected chi connectivity index (χ0v) is 16.1. The Labute approximate surface area is 167 Å². The number of rotatable bonds is 3. The van der Waals surface area contributed by atoms with E-state index in [1.54, 1.807) is 4.68 Å². The van der Waals surface area contributed by atoms with Gasteiger partial charge < -0.3 is 9.47 Å². The van der Waals surface area contributed by atoms with Gasteiger partial charge in [0.05, 0.1) is 16.7 Å². The van der Waals surface area contributed by atoms with E-state index in [2.05, 4.69) is 33.2 Å². The SMILES string of the molecule is Cn1c(C2CCCN(C(=O)c3ccc(-n4cnnn4)cc3)C2)nc2ccccc21. The molecule has 1 atom stereocenters. The maximum atomic E-state index is 13.1. The molecule has 1 saturated heterocycles. The number of hydrogen-bond acceptors (Lipinski definition) is 5. The zero-order valence-electron chi connectivity index (χ0n) is 16.1. The van der Waals surface area contributed by atoms with Crippen LogP contribution in [0.25, 0.3) is 16.7 Å². The average Bonchev–Trinajstić information content (AvgIpc) is 3.42. The smallest absolute Gasteiger partial charge is 0.253 e. The lowest BCUT2D eigenvalue weighted by atomic mass is 9.96. The van der Waals surface area contributed by atoms with Gasteiger partial charge in [0.15, 0.2) is 0 Å². The number of imidazole rings is 1. The zero-order chi connectivity index (χ0) is 19.8. The van der Waals surface area contributed by atoms with E-state index in [0.717, 1.165) is 41.9 Å². The number of aromatic nitrogens is 6. The minimum atomic E-state index is 0.0525. The van der Waals surface area contributed by atoms with Crippen LogP contribution in [0.3, 0.4) is 0 Å². The summed E-state index contributed by atoms with van der Waals surface area (Å²) in [5.41, 5.74) is 3.63. The van der Waals surface area contributed by atoms with E-state index >= 15 is 0 Å². The van der Waals surface area contributed by atoms with Crippen LogP contribution in [-0.2, 0) is 7.05 Å². The van der Waals surface area contributed by atoms with Crippen LogP contribution in [0.4, 0.5) is 0 Å². The number of tetrazole rings is 1. The number of carbonyl (C=O) groups excluding carboxylic acids is 1. The van der Waals surface area contributed by atoms with Crippen LogP contribution >= 0.6 is 0 Å². The number of aryl methyl sites for hydroxylation is 1. The molecule has 0 spiro atoms. The Morgan fingerprint density at radius 3 is 2.69 bits per heavy atom. The van der Waals surface area contributed by atoms with Crippen molar-refractivity contribution < 1.29 is 4.79 Å².